The molecule has 0 bridgehead atoms. The van der Waals surface area contributed by atoms with Crippen LogP contribution in [0, 0.1) is 22.7 Å². The van der Waals surface area contributed by atoms with Crippen LogP contribution in [0.1, 0.15) is 29.5 Å². The van der Waals surface area contributed by atoms with Gasteiger partial charge in [-0.3, -0.25) is 4.31 Å². The summed E-state index contributed by atoms with van der Waals surface area (Å²) in [5.74, 6) is 1.24. The van der Waals surface area contributed by atoms with Crippen LogP contribution in [0.3, 0.4) is 0 Å². The number of hydrogen-bond donors (Lipinski definition) is 1. The highest BCUT2D eigenvalue weighted by molar-refractivity contribution is 7.98. The number of hydrogen-bond acceptors (Lipinski definition) is 9. The summed E-state index contributed by atoms with van der Waals surface area (Å²) in [7, 11) is -0.394. The highest BCUT2D eigenvalue weighted by atomic mass is 32.2. The first-order chi connectivity index (χ1) is 15.7. The minimum atomic E-state index is -3.34. The van der Waals surface area contributed by atoms with Gasteiger partial charge in [-0.25, -0.2) is 13.4 Å². The molecule has 0 spiro atoms. The Morgan fingerprint density at radius 2 is 1.82 bits per heavy atom. The molecule has 9 nitrogen and oxygen atoms in total. The molecule has 1 saturated heterocycles. The predicted molar refractivity (Wildman–Crippen MR) is 129 cm³/mol. The summed E-state index contributed by atoms with van der Waals surface area (Å²) in [4.78, 5) is 6.72. The van der Waals surface area contributed by atoms with Crippen molar-refractivity contribution < 1.29 is 13.2 Å². The van der Waals surface area contributed by atoms with Crippen LogP contribution in [0.25, 0.3) is 0 Å². The predicted octanol–water partition coefficient (Wildman–Crippen LogP) is 2.45. The van der Waals surface area contributed by atoms with Gasteiger partial charge in [-0.1, -0.05) is 12.1 Å². The highest BCUT2D eigenvalue weighted by Gasteiger charge is 2.26. The lowest BCUT2D eigenvalue weighted by molar-refractivity contribution is 0.409. The molecule has 1 aliphatic rings. The van der Waals surface area contributed by atoms with Crippen LogP contribution in [-0.4, -0.2) is 52.9 Å². The quantitative estimate of drug-likeness (QED) is 0.585. The minimum Gasteiger partial charge on any atom is -0.494 e. The molecule has 0 saturated carbocycles. The van der Waals surface area contributed by atoms with Gasteiger partial charge < -0.3 is 15.4 Å². The fourth-order valence-electron chi connectivity index (χ4n) is 3.52. The molecule has 1 aromatic carbocycles. The van der Waals surface area contributed by atoms with E-state index in [1.54, 1.807) is 12.1 Å². The maximum Gasteiger partial charge on any atom is 0.231 e. The topological polar surface area (TPSA) is 136 Å². The van der Waals surface area contributed by atoms with Crippen LogP contribution in [0.2, 0.25) is 0 Å². The zero-order chi connectivity index (χ0) is 24.2. The van der Waals surface area contributed by atoms with E-state index in [-0.39, 0.29) is 22.9 Å². The molecule has 0 unspecified atom stereocenters. The monoisotopic (exact) mass is 486 g/mol. The second-order valence-corrected chi connectivity index (χ2v) is 10.7. The van der Waals surface area contributed by atoms with Gasteiger partial charge in [-0.2, -0.15) is 10.5 Å². The third-order valence-corrected chi connectivity index (χ3v) is 7.79. The van der Waals surface area contributed by atoms with Crippen LogP contribution in [-0.2, 0) is 15.8 Å². The van der Waals surface area contributed by atoms with Crippen LogP contribution in [0.5, 0.6) is 5.75 Å². The smallest absolute Gasteiger partial charge is 0.231 e. The average Bonchev–Trinajstić information content (AvgIpc) is 2.81. The Balaban J connectivity index is 1.90. The van der Waals surface area contributed by atoms with Crippen LogP contribution in [0.15, 0.2) is 29.3 Å². The van der Waals surface area contributed by atoms with Crippen molar-refractivity contribution in [3.63, 3.8) is 0 Å². The summed E-state index contributed by atoms with van der Waals surface area (Å²) >= 11 is 1.37. The lowest BCUT2D eigenvalue weighted by Crippen LogP contribution is -2.40. The average molecular weight is 487 g/mol. The SMILES string of the molecule is COc1c(C#N)c(SCc2ccc(N(C)S(C)(=O)=O)cc2)nc(N2CCC(N)CC2)c1C#N. The maximum atomic E-state index is 11.7. The van der Waals surface area contributed by atoms with Crippen LogP contribution < -0.4 is 19.7 Å². The van der Waals surface area contributed by atoms with Gasteiger partial charge in [0.2, 0.25) is 10.0 Å². The van der Waals surface area contributed by atoms with Crippen molar-refractivity contribution in [3.05, 3.63) is 41.0 Å². The fraction of sp³-hybridized carbons (Fsp3) is 0.409. The van der Waals surface area contributed by atoms with E-state index in [2.05, 4.69) is 12.1 Å². The number of piperidine rings is 1. The summed E-state index contributed by atoms with van der Waals surface area (Å²) < 4.78 is 30.1. The molecular formula is C22H26N6O3S2. The Morgan fingerprint density at radius 1 is 1.21 bits per heavy atom. The van der Waals surface area contributed by atoms with E-state index in [9.17, 15) is 18.9 Å². The van der Waals surface area contributed by atoms with Gasteiger partial charge in [0.15, 0.2) is 11.6 Å². The van der Waals surface area contributed by atoms with Gasteiger partial charge in [0.25, 0.3) is 0 Å². The van der Waals surface area contributed by atoms with E-state index in [0.29, 0.717) is 35.4 Å². The molecule has 0 amide bonds. The number of nitriles is 2. The minimum absolute atomic E-state index is 0.130. The molecule has 0 atom stereocenters. The summed E-state index contributed by atoms with van der Waals surface area (Å²) in [5, 5.41) is 20.0. The van der Waals surface area contributed by atoms with Crippen molar-refractivity contribution in [2.45, 2.75) is 29.7 Å². The number of benzene rings is 1. The van der Waals surface area contributed by atoms with Crippen LogP contribution in [0.4, 0.5) is 11.5 Å². The molecule has 1 fully saturated rings. The second-order valence-electron chi connectivity index (χ2n) is 7.76. The van der Waals surface area contributed by atoms with E-state index in [1.165, 1.54) is 30.2 Å². The molecule has 33 heavy (non-hydrogen) atoms. The molecule has 1 aliphatic heterocycles. The molecule has 3 rings (SSSR count). The number of anilines is 2. The van der Waals surface area contributed by atoms with Gasteiger partial charge in [0.1, 0.15) is 28.3 Å². The van der Waals surface area contributed by atoms with Crippen molar-refractivity contribution in [3.8, 4) is 17.9 Å². The van der Waals surface area contributed by atoms with Gasteiger partial charge in [0.05, 0.1) is 19.1 Å². The van der Waals surface area contributed by atoms with Crippen molar-refractivity contribution >= 4 is 33.3 Å². The lowest BCUT2D eigenvalue weighted by atomic mass is 10.0. The number of pyridine rings is 1. The number of ether oxygens (including phenoxy) is 1. The molecule has 2 heterocycles. The number of nitrogens with zero attached hydrogens (tertiary/aromatic N) is 5. The van der Waals surface area contributed by atoms with Gasteiger partial charge in [0, 0.05) is 31.9 Å². The third kappa shape index (κ3) is 5.50. The van der Waals surface area contributed by atoms with E-state index in [0.717, 1.165) is 24.7 Å². The lowest BCUT2D eigenvalue weighted by Gasteiger charge is -2.32. The molecule has 2 aromatic rings. The van der Waals surface area contributed by atoms with Crippen LogP contribution >= 0.6 is 11.8 Å². The zero-order valence-corrected chi connectivity index (χ0v) is 20.4. The number of aromatic nitrogens is 1. The maximum absolute atomic E-state index is 11.7. The molecule has 174 valence electrons. The number of methoxy groups -OCH3 is 1. The van der Waals surface area contributed by atoms with Gasteiger partial charge in [-0.15, -0.1) is 11.8 Å². The molecule has 2 N–H and O–H groups in total. The first kappa shape index (κ1) is 24.6. The zero-order valence-electron chi connectivity index (χ0n) is 18.8. The van der Waals surface area contributed by atoms with E-state index >= 15 is 0 Å². The first-order valence-electron chi connectivity index (χ1n) is 10.3. The number of nitrogens with two attached hydrogens (primary N) is 1. The molecule has 1 aromatic heterocycles. The Labute approximate surface area is 198 Å². The Hall–Kier alpha value is -2.99. The van der Waals surface area contributed by atoms with E-state index in [1.807, 2.05) is 17.0 Å². The molecule has 0 aliphatic carbocycles. The second kappa shape index (κ2) is 10.3. The summed E-state index contributed by atoms with van der Waals surface area (Å²) in [5.41, 5.74) is 8.00. The van der Waals surface area contributed by atoms with Crippen molar-refractivity contribution in [1.29, 1.82) is 10.5 Å². The Kier molecular flexibility index (Phi) is 7.69. The standard InChI is InChI=1S/C22H26N6O3S2/c1-27(33(3,29)30)17-6-4-15(5-7-17)14-32-22-19(13-24)20(31-2)18(12-23)21(26-22)28-10-8-16(25)9-11-28/h4-7,16H,8-11,14,25H2,1-3H3. The van der Waals surface area contributed by atoms with Gasteiger partial charge in [-0.05, 0) is 30.5 Å². The van der Waals surface area contributed by atoms with E-state index in [4.69, 9.17) is 15.5 Å². The third-order valence-electron chi connectivity index (χ3n) is 5.54. The van der Waals surface area contributed by atoms with E-state index < -0.39 is 10.0 Å². The number of rotatable bonds is 7. The highest BCUT2D eigenvalue weighted by Crippen LogP contribution is 2.38. The Morgan fingerprint density at radius 3 is 2.33 bits per heavy atom. The molecule has 0 radical (unpaired) electrons. The van der Waals surface area contributed by atoms with Crippen molar-refractivity contribution in [2.24, 2.45) is 5.73 Å². The summed E-state index contributed by atoms with van der Waals surface area (Å²) in [6.45, 7) is 1.36. The Bertz CT molecular complexity index is 1190. The molecular weight excluding hydrogens is 460 g/mol. The normalized spacial score (nSPS) is 14.4. The fourth-order valence-corrected chi connectivity index (χ4v) is 4.96. The largest absolute Gasteiger partial charge is 0.494 e. The molecule has 11 heteroatoms. The van der Waals surface area contributed by atoms with Crippen molar-refractivity contribution in [2.75, 3.05) is 42.7 Å². The number of thioether (sulfide) groups is 1. The summed E-state index contributed by atoms with van der Waals surface area (Å²) in [6, 6.07) is 11.6. The summed E-state index contributed by atoms with van der Waals surface area (Å²) in [6.07, 6.45) is 2.75. The first-order valence-corrected chi connectivity index (χ1v) is 13.1. The van der Waals surface area contributed by atoms with Crippen molar-refractivity contribution in [1.82, 2.24) is 4.98 Å². The number of sulfonamides is 1. The van der Waals surface area contributed by atoms with Gasteiger partial charge >= 0.3 is 0 Å².